The summed E-state index contributed by atoms with van der Waals surface area (Å²) in [4.78, 5) is 26.9. The molecule has 20 heavy (non-hydrogen) atoms. The second-order valence-electron chi connectivity index (χ2n) is 6.19. The predicted octanol–water partition coefficient (Wildman–Crippen LogP) is 2.70. The number of carbonyl (C=O) groups is 2. The zero-order valence-electron chi connectivity index (χ0n) is 11.5. The van der Waals surface area contributed by atoms with E-state index in [0.29, 0.717) is 0 Å². The highest BCUT2D eigenvalue weighted by Gasteiger charge is 2.56. The zero-order chi connectivity index (χ0) is 13.9. The number of aryl methyl sites for hydroxylation is 1. The third kappa shape index (κ3) is 1.46. The summed E-state index contributed by atoms with van der Waals surface area (Å²) in [5, 5.41) is 0. The first-order valence-corrected chi connectivity index (χ1v) is 7.29. The lowest BCUT2D eigenvalue weighted by Gasteiger charge is -2.38. The summed E-state index contributed by atoms with van der Waals surface area (Å²) in [6.07, 6.45) is 6.40. The fourth-order valence-electron chi connectivity index (χ4n) is 4.10. The van der Waals surface area contributed by atoms with E-state index in [1.807, 2.05) is 31.2 Å². The minimum atomic E-state index is -0.119. The van der Waals surface area contributed by atoms with Crippen molar-refractivity contribution in [3.8, 4) is 0 Å². The Morgan fingerprint density at radius 2 is 1.60 bits per heavy atom. The molecule has 2 bridgehead atoms. The van der Waals surface area contributed by atoms with Crippen LogP contribution in [0.2, 0.25) is 0 Å². The molecule has 1 aromatic rings. The van der Waals surface area contributed by atoms with E-state index >= 15 is 0 Å². The van der Waals surface area contributed by atoms with Gasteiger partial charge in [0.15, 0.2) is 0 Å². The molecule has 0 aromatic heterocycles. The molecule has 4 atom stereocenters. The molecule has 1 aliphatic heterocycles. The first-order chi connectivity index (χ1) is 9.66. The summed E-state index contributed by atoms with van der Waals surface area (Å²) >= 11 is 0. The van der Waals surface area contributed by atoms with Crippen LogP contribution in [-0.2, 0) is 9.59 Å². The second kappa shape index (κ2) is 4.05. The predicted molar refractivity (Wildman–Crippen MR) is 76.0 cm³/mol. The monoisotopic (exact) mass is 267 g/mol. The molecule has 102 valence electrons. The normalized spacial score (nSPS) is 34.8. The van der Waals surface area contributed by atoms with Crippen molar-refractivity contribution in [1.29, 1.82) is 0 Å². The first-order valence-electron chi connectivity index (χ1n) is 7.29. The minimum Gasteiger partial charge on any atom is -0.274 e. The number of allylic oxidation sites excluding steroid dienone is 2. The Morgan fingerprint density at radius 3 is 2.10 bits per heavy atom. The Hall–Kier alpha value is -1.90. The van der Waals surface area contributed by atoms with E-state index in [9.17, 15) is 9.59 Å². The molecule has 4 aliphatic rings. The van der Waals surface area contributed by atoms with Gasteiger partial charge in [0, 0.05) is 0 Å². The van der Waals surface area contributed by atoms with Gasteiger partial charge in [-0.3, -0.25) is 14.5 Å². The van der Waals surface area contributed by atoms with Crippen LogP contribution in [0.3, 0.4) is 0 Å². The van der Waals surface area contributed by atoms with E-state index < -0.39 is 0 Å². The van der Waals surface area contributed by atoms with Crippen molar-refractivity contribution in [1.82, 2.24) is 0 Å². The lowest BCUT2D eigenvalue weighted by atomic mass is 9.63. The van der Waals surface area contributed by atoms with Gasteiger partial charge in [0.2, 0.25) is 11.8 Å². The van der Waals surface area contributed by atoms with Gasteiger partial charge in [-0.05, 0) is 49.3 Å². The number of benzene rings is 1. The fourth-order valence-corrected chi connectivity index (χ4v) is 4.10. The number of rotatable bonds is 1. The van der Waals surface area contributed by atoms with Gasteiger partial charge < -0.3 is 0 Å². The molecular weight excluding hydrogens is 250 g/mol. The second-order valence-corrected chi connectivity index (χ2v) is 6.19. The first kappa shape index (κ1) is 11.9. The number of fused-ring (bicyclic) bond motifs is 1. The summed E-state index contributed by atoms with van der Waals surface area (Å²) in [5.74, 6) is 0.292. The Balaban J connectivity index is 1.77. The van der Waals surface area contributed by atoms with Crippen molar-refractivity contribution in [3.63, 3.8) is 0 Å². The number of imide groups is 1. The van der Waals surface area contributed by atoms with E-state index in [4.69, 9.17) is 0 Å². The van der Waals surface area contributed by atoms with E-state index in [1.165, 1.54) is 4.90 Å². The SMILES string of the molecule is Cc1cccc(N2C(=O)[C@@H]3[C@@H](C2=O)[C@@H]2C=C[C@@H]3CC2)c1. The van der Waals surface area contributed by atoms with Crippen molar-refractivity contribution in [2.24, 2.45) is 23.7 Å². The Labute approximate surface area is 118 Å². The maximum Gasteiger partial charge on any atom is 0.238 e. The summed E-state index contributed by atoms with van der Waals surface area (Å²) in [7, 11) is 0. The van der Waals surface area contributed by atoms with Crippen molar-refractivity contribution in [2.45, 2.75) is 19.8 Å². The molecule has 3 aliphatic carbocycles. The van der Waals surface area contributed by atoms with Crippen molar-refractivity contribution < 1.29 is 9.59 Å². The molecule has 2 amide bonds. The highest BCUT2D eigenvalue weighted by molar-refractivity contribution is 6.22. The average Bonchev–Trinajstić information content (AvgIpc) is 2.74. The maximum absolute atomic E-state index is 12.7. The number of hydrogen-bond donors (Lipinski definition) is 0. The minimum absolute atomic E-state index is 0.00431. The van der Waals surface area contributed by atoms with Crippen LogP contribution >= 0.6 is 0 Å². The van der Waals surface area contributed by atoms with Crippen LogP contribution in [0.5, 0.6) is 0 Å². The van der Waals surface area contributed by atoms with E-state index in [-0.39, 0.29) is 35.5 Å². The molecule has 1 saturated carbocycles. The van der Waals surface area contributed by atoms with Crippen LogP contribution < -0.4 is 4.90 Å². The molecule has 0 N–H and O–H groups in total. The van der Waals surface area contributed by atoms with Gasteiger partial charge in [-0.2, -0.15) is 0 Å². The number of nitrogens with zero attached hydrogens (tertiary/aromatic N) is 1. The third-order valence-corrected chi connectivity index (χ3v) is 5.02. The molecular formula is C17H17NO2. The summed E-state index contributed by atoms with van der Waals surface area (Å²) in [6.45, 7) is 1.98. The van der Waals surface area contributed by atoms with Crippen molar-refractivity contribution in [2.75, 3.05) is 4.90 Å². The standard InChI is InChI=1S/C17H17NO2/c1-10-3-2-4-13(9-10)18-16(19)14-11-5-6-12(8-7-11)15(14)17(18)20/h2-6,9,11-12,14-15H,7-8H2,1H3/t11-,12-,14+,15+/m1/s1. The molecule has 3 heteroatoms. The smallest absolute Gasteiger partial charge is 0.238 e. The van der Waals surface area contributed by atoms with Gasteiger partial charge in [0.05, 0.1) is 17.5 Å². The topological polar surface area (TPSA) is 37.4 Å². The molecule has 5 rings (SSSR count). The molecule has 2 fully saturated rings. The van der Waals surface area contributed by atoms with Crippen LogP contribution in [0.4, 0.5) is 5.69 Å². The molecule has 0 radical (unpaired) electrons. The highest BCUT2D eigenvalue weighted by atomic mass is 16.2. The molecule has 0 spiro atoms. The van der Waals surface area contributed by atoms with E-state index in [1.54, 1.807) is 0 Å². The Kier molecular flexibility index (Phi) is 2.40. The average molecular weight is 267 g/mol. The number of amides is 2. The quantitative estimate of drug-likeness (QED) is 0.579. The molecule has 0 unspecified atom stereocenters. The van der Waals surface area contributed by atoms with E-state index in [2.05, 4.69) is 12.2 Å². The molecule has 1 heterocycles. The molecule has 1 saturated heterocycles. The summed E-state index contributed by atoms with van der Waals surface area (Å²) < 4.78 is 0. The lowest BCUT2D eigenvalue weighted by molar-refractivity contribution is -0.124. The number of anilines is 1. The highest BCUT2D eigenvalue weighted by Crippen LogP contribution is 2.50. The van der Waals surface area contributed by atoms with Crippen LogP contribution in [0.15, 0.2) is 36.4 Å². The summed E-state index contributed by atoms with van der Waals surface area (Å²) in [5.41, 5.74) is 1.80. The largest absolute Gasteiger partial charge is 0.274 e. The van der Waals surface area contributed by atoms with Gasteiger partial charge in [0.1, 0.15) is 0 Å². The molecule has 3 nitrogen and oxygen atoms in total. The van der Waals surface area contributed by atoms with Gasteiger partial charge in [0.25, 0.3) is 0 Å². The van der Waals surface area contributed by atoms with Crippen LogP contribution in [0.1, 0.15) is 18.4 Å². The molecule has 1 aromatic carbocycles. The van der Waals surface area contributed by atoms with Crippen molar-refractivity contribution in [3.05, 3.63) is 42.0 Å². The lowest BCUT2D eigenvalue weighted by Crippen LogP contribution is -2.38. The zero-order valence-corrected chi connectivity index (χ0v) is 11.5. The van der Waals surface area contributed by atoms with Gasteiger partial charge in [-0.15, -0.1) is 0 Å². The maximum atomic E-state index is 12.7. The summed E-state index contributed by atoms with van der Waals surface area (Å²) in [6, 6.07) is 7.66. The Bertz CT molecular complexity index is 602. The van der Waals surface area contributed by atoms with Crippen LogP contribution in [-0.4, -0.2) is 11.8 Å². The number of carbonyl (C=O) groups excluding carboxylic acids is 2. The van der Waals surface area contributed by atoms with Crippen molar-refractivity contribution >= 4 is 17.5 Å². The van der Waals surface area contributed by atoms with Gasteiger partial charge >= 0.3 is 0 Å². The Morgan fingerprint density at radius 1 is 1.00 bits per heavy atom. The number of hydrogen-bond acceptors (Lipinski definition) is 2. The van der Waals surface area contributed by atoms with Gasteiger partial charge in [-0.25, -0.2) is 0 Å². The van der Waals surface area contributed by atoms with Crippen LogP contribution in [0, 0.1) is 30.6 Å². The third-order valence-electron chi connectivity index (χ3n) is 5.02. The van der Waals surface area contributed by atoms with Crippen LogP contribution in [0.25, 0.3) is 0 Å². The fraction of sp³-hybridized carbons (Fsp3) is 0.412. The van der Waals surface area contributed by atoms with Gasteiger partial charge in [-0.1, -0.05) is 24.3 Å². The van der Waals surface area contributed by atoms with E-state index in [0.717, 1.165) is 24.1 Å².